The van der Waals surface area contributed by atoms with Gasteiger partial charge in [0.2, 0.25) is 0 Å². The van der Waals surface area contributed by atoms with Crippen LogP contribution >= 0.6 is 11.6 Å². The number of nitrogens with one attached hydrogen (secondary N) is 3. The third kappa shape index (κ3) is 8.16. The van der Waals surface area contributed by atoms with Crippen molar-refractivity contribution in [3.63, 3.8) is 0 Å². The molecule has 56 heavy (non-hydrogen) atoms. The largest absolute Gasteiger partial charge is 0.355 e. The molecule has 7 rings (SSSR count). The molecule has 0 radical (unpaired) electrons. The summed E-state index contributed by atoms with van der Waals surface area (Å²) >= 11 is 6.76. The number of aryl methyl sites for hydroxylation is 4. The van der Waals surface area contributed by atoms with Crippen LogP contribution in [-0.4, -0.2) is 17.3 Å². The lowest BCUT2D eigenvalue weighted by Crippen LogP contribution is -2.10. The average molecular weight is 754 g/mol. The molecule has 0 fully saturated rings. The summed E-state index contributed by atoms with van der Waals surface area (Å²) < 4.78 is 0. The summed E-state index contributed by atoms with van der Waals surface area (Å²) in [4.78, 5) is 41.7. The van der Waals surface area contributed by atoms with Crippen molar-refractivity contribution in [2.45, 2.75) is 27.7 Å². The van der Waals surface area contributed by atoms with Gasteiger partial charge in [0.1, 0.15) is 0 Å². The Labute approximate surface area is 332 Å². The second kappa shape index (κ2) is 16.3. The zero-order valence-corrected chi connectivity index (χ0v) is 32.3. The first kappa shape index (κ1) is 37.6. The maximum absolute atomic E-state index is 14.1. The molecule has 0 saturated carbocycles. The first-order valence-corrected chi connectivity index (χ1v) is 18.7. The second-order valence-corrected chi connectivity index (χ2v) is 14.3. The zero-order valence-electron chi connectivity index (χ0n) is 31.5. The highest BCUT2D eigenvalue weighted by Gasteiger charge is 2.21. The lowest BCUT2D eigenvalue weighted by Gasteiger charge is -2.18. The summed E-state index contributed by atoms with van der Waals surface area (Å²) in [5.41, 5.74) is 10.8. The number of hydrogen-bond acceptors (Lipinski definition) is 6. The smallest absolute Gasteiger partial charge is 0.195 e. The molecule has 3 N–H and O–H groups in total. The molecule has 7 aromatic rings. The third-order valence-corrected chi connectivity index (χ3v) is 10.1. The number of benzene rings is 7. The molecule has 0 spiro atoms. The highest BCUT2D eigenvalue weighted by atomic mass is 35.5. The standard InChI is InChI=1S/C49H40ClN3O3/c1-30-17-19-34(20-18-30)51-36-22-25-42(48(55)39-15-9-6-12-32(39)3)45(28-36)53-37-23-26-43(49(56)40-16-10-7-13-33(40)4)46(29-37)52-35-21-24-41(44(50)27-35)47(54)38-14-8-5-11-31(38)2/h5-29,51-53H,1-4H3. The molecule has 276 valence electrons. The summed E-state index contributed by atoms with van der Waals surface area (Å²) in [5, 5.41) is 10.6. The van der Waals surface area contributed by atoms with Crippen LogP contribution in [-0.2, 0) is 0 Å². The van der Waals surface area contributed by atoms with E-state index in [1.165, 1.54) is 0 Å². The fourth-order valence-corrected chi connectivity index (χ4v) is 6.92. The minimum Gasteiger partial charge on any atom is -0.355 e. The van der Waals surface area contributed by atoms with Crippen LogP contribution in [0.25, 0.3) is 0 Å². The first-order valence-electron chi connectivity index (χ1n) is 18.3. The highest BCUT2D eigenvalue weighted by Crippen LogP contribution is 2.34. The third-order valence-electron chi connectivity index (χ3n) is 9.81. The Morgan fingerprint density at radius 1 is 0.375 bits per heavy atom. The van der Waals surface area contributed by atoms with Gasteiger partial charge >= 0.3 is 0 Å². The molecule has 0 amide bonds. The minimum atomic E-state index is -0.170. The van der Waals surface area contributed by atoms with Crippen molar-refractivity contribution in [3.8, 4) is 0 Å². The van der Waals surface area contributed by atoms with Crippen LogP contribution < -0.4 is 16.0 Å². The Kier molecular flexibility index (Phi) is 10.9. The number of hydrogen-bond donors (Lipinski definition) is 3. The summed E-state index contributed by atoms with van der Waals surface area (Å²) in [6.07, 6.45) is 0. The van der Waals surface area contributed by atoms with Crippen molar-refractivity contribution in [2.75, 3.05) is 16.0 Å². The van der Waals surface area contributed by atoms with Gasteiger partial charge in [-0.2, -0.15) is 0 Å². The van der Waals surface area contributed by atoms with Gasteiger partial charge in [0, 0.05) is 56.1 Å². The van der Waals surface area contributed by atoms with Gasteiger partial charge in [-0.15, -0.1) is 0 Å². The van der Waals surface area contributed by atoms with Crippen LogP contribution in [0.1, 0.15) is 70.0 Å². The SMILES string of the molecule is Cc1ccc(Nc2ccc(C(=O)c3ccccc3C)c(Nc3ccc(C(=O)c4ccccc4C)c(Nc4ccc(C(=O)c5ccccc5C)c(Cl)c4)c3)c2)cc1. The monoisotopic (exact) mass is 753 g/mol. The van der Waals surface area contributed by atoms with Gasteiger partial charge in [0.25, 0.3) is 0 Å². The van der Waals surface area contributed by atoms with Gasteiger partial charge in [-0.1, -0.05) is 102 Å². The van der Waals surface area contributed by atoms with E-state index in [9.17, 15) is 14.4 Å². The van der Waals surface area contributed by atoms with Crippen molar-refractivity contribution in [3.05, 3.63) is 212 Å². The number of ketones is 3. The Hall–Kier alpha value is -6.76. The summed E-state index contributed by atoms with van der Waals surface area (Å²) in [5.74, 6) is -0.446. The molecular formula is C49H40ClN3O3. The first-order chi connectivity index (χ1) is 27.0. The summed E-state index contributed by atoms with van der Waals surface area (Å²) in [7, 11) is 0. The van der Waals surface area contributed by atoms with E-state index in [-0.39, 0.29) is 22.4 Å². The average Bonchev–Trinajstić information content (AvgIpc) is 3.19. The molecule has 0 saturated heterocycles. The van der Waals surface area contributed by atoms with E-state index in [1.807, 2.05) is 149 Å². The quantitative estimate of drug-likeness (QED) is 0.108. The number of carbonyl (C=O) groups excluding carboxylic acids is 3. The van der Waals surface area contributed by atoms with Gasteiger partial charge < -0.3 is 16.0 Å². The Morgan fingerprint density at radius 2 is 0.732 bits per heavy atom. The molecule has 0 aliphatic heterocycles. The van der Waals surface area contributed by atoms with Crippen molar-refractivity contribution >= 4 is 63.1 Å². The van der Waals surface area contributed by atoms with Gasteiger partial charge in [-0.25, -0.2) is 0 Å². The van der Waals surface area contributed by atoms with Gasteiger partial charge in [-0.3, -0.25) is 14.4 Å². The second-order valence-electron chi connectivity index (χ2n) is 13.9. The summed E-state index contributed by atoms with van der Waals surface area (Å²) in [6, 6.07) is 46.7. The van der Waals surface area contributed by atoms with Crippen molar-refractivity contribution in [1.82, 2.24) is 0 Å². The van der Waals surface area contributed by atoms with E-state index in [0.29, 0.717) is 56.1 Å². The van der Waals surface area contributed by atoms with Gasteiger partial charge in [0.15, 0.2) is 17.3 Å². The molecule has 0 aliphatic carbocycles. The molecular weight excluding hydrogens is 714 g/mol. The molecule has 0 aliphatic rings. The Bertz CT molecular complexity index is 2630. The van der Waals surface area contributed by atoms with E-state index in [4.69, 9.17) is 11.6 Å². The van der Waals surface area contributed by atoms with Crippen LogP contribution in [0.15, 0.2) is 152 Å². The van der Waals surface area contributed by atoms with E-state index in [2.05, 4.69) is 16.0 Å². The molecule has 6 nitrogen and oxygen atoms in total. The van der Waals surface area contributed by atoms with Crippen LogP contribution in [0.5, 0.6) is 0 Å². The molecule has 0 aromatic heterocycles. The maximum atomic E-state index is 14.1. The van der Waals surface area contributed by atoms with Crippen LogP contribution in [0, 0.1) is 27.7 Å². The maximum Gasteiger partial charge on any atom is 0.195 e. The van der Waals surface area contributed by atoms with E-state index >= 15 is 0 Å². The molecule has 7 heteroatoms. The van der Waals surface area contributed by atoms with Crippen LogP contribution in [0.2, 0.25) is 5.02 Å². The lowest BCUT2D eigenvalue weighted by atomic mass is 9.96. The number of halogens is 1. The van der Waals surface area contributed by atoms with E-state index in [1.54, 1.807) is 30.3 Å². The van der Waals surface area contributed by atoms with Crippen molar-refractivity contribution < 1.29 is 14.4 Å². The Balaban J connectivity index is 1.28. The van der Waals surface area contributed by atoms with Crippen LogP contribution in [0.4, 0.5) is 34.1 Å². The van der Waals surface area contributed by atoms with E-state index in [0.717, 1.165) is 33.6 Å². The molecule has 0 heterocycles. The normalized spacial score (nSPS) is 10.8. The van der Waals surface area contributed by atoms with Gasteiger partial charge in [0.05, 0.1) is 16.4 Å². The predicted octanol–water partition coefficient (Wildman–Crippen LogP) is 12.5. The zero-order chi connectivity index (χ0) is 39.3. The summed E-state index contributed by atoms with van der Waals surface area (Å²) in [6.45, 7) is 7.76. The number of anilines is 6. The Morgan fingerprint density at radius 3 is 1.16 bits per heavy atom. The minimum absolute atomic E-state index is 0.118. The lowest BCUT2D eigenvalue weighted by molar-refractivity contribution is 0.103. The fraction of sp³-hybridized carbons (Fsp3) is 0.0816. The number of carbonyl (C=O) groups is 3. The van der Waals surface area contributed by atoms with Crippen LogP contribution in [0.3, 0.4) is 0 Å². The number of rotatable bonds is 12. The molecule has 0 bridgehead atoms. The highest BCUT2D eigenvalue weighted by molar-refractivity contribution is 6.35. The molecule has 7 aromatic carbocycles. The van der Waals surface area contributed by atoms with Crippen molar-refractivity contribution in [1.29, 1.82) is 0 Å². The topological polar surface area (TPSA) is 87.3 Å². The predicted molar refractivity (Wildman–Crippen MR) is 229 cm³/mol. The van der Waals surface area contributed by atoms with E-state index < -0.39 is 0 Å². The van der Waals surface area contributed by atoms with Crippen molar-refractivity contribution in [2.24, 2.45) is 0 Å². The fourth-order valence-electron chi connectivity index (χ4n) is 6.66. The molecule has 0 unspecified atom stereocenters. The van der Waals surface area contributed by atoms with Gasteiger partial charge in [-0.05, 0) is 111 Å². The molecule has 0 atom stereocenters.